The molecular weight excluding hydrogens is 322 g/mol. The van der Waals surface area contributed by atoms with E-state index in [-0.39, 0.29) is 22.3 Å². The highest BCUT2D eigenvalue weighted by Crippen LogP contribution is 2.19. The average Bonchev–Trinajstić information content (AvgIpc) is 2.34. The van der Waals surface area contributed by atoms with Gasteiger partial charge in [-0.25, -0.2) is 8.42 Å². The van der Waals surface area contributed by atoms with Crippen molar-refractivity contribution >= 4 is 36.4 Å². The number of aryl methyl sites for hydroxylation is 1. The molecule has 1 amide bonds. The van der Waals surface area contributed by atoms with Crippen molar-refractivity contribution in [3.63, 3.8) is 0 Å². The first-order valence-corrected chi connectivity index (χ1v) is 9.71. The van der Waals surface area contributed by atoms with Crippen LogP contribution in [0.1, 0.15) is 22.8 Å². The largest absolute Gasteiger partial charge is 0.351 e. The number of hydrogen-bond acceptors (Lipinski definition) is 4. The Hall–Kier alpha value is -0.920. The smallest absolute Gasteiger partial charge is 0.261 e. The molecule has 0 saturated heterocycles. The number of rotatable bonds is 5. The zero-order valence-electron chi connectivity index (χ0n) is 11.3. The van der Waals surface area contributed by atoms with Crippen LogP contribution in [0.4, 0.5) is 0 Å². The van der Waals surface area contributed by atoms with E-state index < -0.39 is 25.8 Å². The highest BCUT2D eigenvalue weighted by atomic mass is 35.7. The molecule has 112 valence electrons. The summed E-state index contributed by atoms with van der Waals surface area (Å²) in [4.78, 5) is 11.9. The summed E-state index contributed by atoms with van der Waals surface area (Å²) in [6.07, 6.45) is 1.56. The van der Waals surface area contributed by atoms with E-state index in [0.717, 1.165) is 0 Å². The SMILES string of the molecule is Cc1ccc(S(=O)(=O)Cl)cc1C(=O)NCC(C)S(C)=O. The molecule has 0 aromatic heterocycles. The van der Waals surface area contributed by atoms with Gasteiger partial charge in [0.2, 0.25) is 0 Å². The van der Waals surface area contributed by atoms with Gasteiger partial charge in [-0.05, 0) is 31.5 Å². The molecule has 1 rings (SSSR count). The molecule has 8 heteroatoms. The number of carbonyl (C=O) groups excluding carboxylic acids is 1. The molecule has 2 unspecified atom stereocenters. The van der Waals surface area contributed by atoms with Crippen LogP contribution >= 0.6 is 10.7 Å². The van der Waals surface area contributed by atoms with Gasteiger partial charge in [-0.3, -0.25) is 9.00 Å². The molecular formula is C12H16ClNO4S2. The van der Waals surface area contributed by atoms with Gasteiger partial charge >= 0.3 is 0 Å². The topological polar surface area (TPSA) is 80.3 Å². The lowest BCUT2D eigenvalue weighted by Crippen LogP contribution is -2.33. The normalized spacial score (nSPS) is 14.6. The molecule has 0 bridgehead atoms. The fourth-order valence-electron chi connectivity index (χ4n) is 1.45. The summed E-state index contributed by atoms with van der Waals surface area (Å²) in [5.41, 5.74) is 0.873. The van der Waals surface area contributed by atoms with Crippen LogP contribution in [0.3, 0.4) is 0 Å². The molecule has 0 aliphatic carbocycles. The molecule has 0 aliphatic rings. The fourth-order valence-corrected chi connectivity index (χ4v) is 2.54. The van der Waals surface area contributed by atoms with Gasteiger partial charge in [0.05, 0.1) is 4.90 Å². The number of nitrogens with one attached hydrogen (secondary N) is 1. The molecule has 0 spiro atoms. The second kappa shape index (κ2) is 6.69. The van der Waals surface area contributed by atoms with Crippen LogP contribution in [-0.2, 0) is 19.9 Å². The first kappa shape index (κ1) is 17.1. The molecule has 0 heterocycles. The van der Waals surface area contributed by atoms with Gasteiger partial charge in [0.25, 0.3) is 15.0 Å². The monoisotopic (exact) mass is 337 g/mol. The Morgan fingerprint density at radius 1 is 1.45 bits per heavy atom. The highest BCUT2D eigenvalue weighted by molar-refractivity contribution is 8.13. The molecule has 0 fully saturated rings. The summed E-state index contributed by atoms with van der Waals surface area (Å²) in [5, 5.41) is 2.45. The third-order valence-corrected chi connectivity index (χ3v) is 5.50. The minimum absolute atomic E-state index is 0.123. The maximum Gasteiger partial charge on any atom is 0.261 e. The highest BCUT2D eigenvalue weighted by Gasteiger charge is 2.16. The molecule has 1 aromatic rings. The summed E-state index contributed by atoms with van der Waals surface area (Å²) >= 11 is 0. The second-order valence-corrected chi connectivity index (χ2v) is 8.80. The molecule has 0 saturated carbocycles. The van der Waals surface area contributed by atoms with Crippen LogP contribution in [0, 0.1) is 6.92 Å². The van der Waals surface area contributed by atoms with Crippen molar-refractivity contribution in [1.29, 1.82) is 0 Å². The fraction of sp³-hybridized carbons (Fsp3) is 0.417. The number of benzene rings is 1. The van der Waals surface area contributed by atoms with Crippen molar-refractivity contribution in [2.45, 2.75) is 24.0 Å². The predicted molar refractivity (Wildman–Crippen MR) is 80.1 cm³/mol. The Kier molecular flexibility index (Phi) is 5.73. The van der Waals surface area contributed by atoms with E-state index in [2.05, 4.69) is 5.32 Å². The summed E-state index contributed by atoms with van der Waals surface area (Å²) in [6.45, 7) is 3.70. The first-order valence-electron chi connectivity index (χ1n) is 5.78. The standard InChI is InChI=1S/C12H16ClNO4S2/c1-8-4-5-10(20(13,17)18)6-11(8)12(15)14-7-9(2)19(3)16/h4-6,9H,7H2,1-3H3,(H,14,15). The zero-order valence-corrected chi connectivity index (χ0v) is 13.7. The number of halogens is 1. The third kappa shape index (κ3) is 4.57. The van der Waals surface area contributed by atoms with Crippen LogP contribution in [0.15, 0.2) is 23.1 Å². The molecule has 20 heavy (non-hydrogen) atoms. The number of hydrogen-bond donors (Lipinski definition) is 1. The van der Waals surface area contributed by atoms with Crippen LogP contribution in [0.25, 0.3) is 0 Å². The molecule has 5 nitrogen and oxygen atoms in total. The Bertz CT molecular complexity index is 643. The maximum absolute atomic E-state index is 12.0. The van der Waals surface area contributed by atoms with E-state index in [1.54, 1.807) is 20.1 Å². The number of amides is 1. The Morgan fingerprint density at radius 2 is 2.05 bits per heavy atom. The average molecular weight is 338 g/mol. The summed E-state index contributed by atoms with van der Waals surface area (Å²) in [7, 11) is 0.342. The van der Waals surface area contributed by atoms with Crippen LogP contribution in [0.2, 0.25) is 0 Å². The molecule has 0 aliphatic heterocycles. The van der Waals surface area contributed by atoms with Crippen molar-refractivity contribution in [3.05, 3.63) is 29.3 Å². The van der Waals surface area contributed by atoms with E-state index in [4.69, 9.17) is 10.7 Å². The maximum atomic E-state index is 12.0. The van der Waals surface area contributed by atoms with Crippen molar-refractivity contribution in [2.24, 2.45) is 0 Å². The van der Waals surface area contributed by atoms with Gasteiger partial charge in [-0.1, -0.05) is 6.07 Å². The first-order chi connectivity index (χ1) is 9.12. The quantitative estimate of drug-likeness (QED) is 0.824. The van der Waals surface area contributed by atoms with Gasteiger partial charge in [-0.2, -0.15) is 0 Å². The van der Waals surface area contributed by atoms with Crippen molar-refractivity contribution in [1.82, 2.24) is 5.32 Å². The molecule has 2 atom stereocenters. The van der Waals surface area contributed by atoms with E-state index in [0.29, 0.717) is 5.56 Å². The van der Waals surface area contributed by atoms with E-state index in [1.807, 2.05) is 0 Å². The Morgan fingerprint density at radius 3 is 2.55 bits per heavy atom. The van der Waals surface area contributed by atoms with Crippen LogP contribution in [-0.4, -0.2) is 36.6 Å². The van der Waals surface area contributed by atoms with Gasteiger partial charge in [-0.15, -0.1) is 0 Å². The molecule has 1 N–H and O–H groups in total. The van der Waals surface area contributed by atoms with Crippen molar-refractivity contribution in [3.8, 4) is 0 Å². The van der Waals surface area contributed by atoms with E-state index >= 15 is 0 Å². The zero-order chi connectivity index (χ0) is 15.5. The van der Waals surface area contributed by atoms with Crippen LogP contribution in [0.5, 0.6) is 0 Å². The molecule has 0 radical (unpaired) electrons. The van der Waals surface area contributed by atoms with Crippen LogP contribution < -0.4 is 5.32 Å². The third-order valence-electron chi connectivity index (χ3n) is 2.85. The minimum atomic E-state index is -3.88. The van der Waals surface area contributed by atoms with Gasteiger partial charge < -0.3 is 5.32 Å². The summed E-state index contributed by atoms with van der Waals surface area (Å²) < 4.78 is 33.7. The van der Waals surface area contributed by atoms with Gasteiger partial charge in [0, 0.05) is 45.1 Å². The summed E-state index contributed by atoms with van der Waals surface area (Å²) in [6, 6.07) is 4.10. The molecule has 1 aromatic carbocycles. The van der Waals surface area contributed by atoms with Gasteiger partial charge in [0.15, 0.2) is 0 Å². The van der Waals surface area contributed by atoms with E-state index in [1.165, 1.54) is 18.2 Å². The lowest BCUT2D eigenvalue weighted by atomic mass is 10.1. The van der Waals surface area contributed by atoms with Gasteiger partial charge in [0.1, 0.15) is 0 Å². The summed E-state index contributed by atoms with van der Waals surface area (Å²) in [5.74, 6) is -0.415. The Labute approximate surface area is 125 Å². The minimum Gasteiger partial charge on any atom is -0.351 e. The van der Waals surface area contributed by atoms with Crippen molar-refractivity contribution in [2.75, 3.05) is 12.8 Å². The van der Waals surface area contributed by atoms with Crippen molar-refractivity contribution < 1.29 is 17.4 Å². The Balaban J connectivity index is 2.96. The predicted octanol–water partition coefficient (Wildman–Crippen LogP) is 1.42. The van der Waals surface area contributed by atoms with E-state index in [9.17, 15) is 17.4 Å². The second-order valence-electron chi connectivity index (χ2n) is 4.43. The lowest BCUT2D eigenvalue weighted by molar-refractivity contribution is 0.0953. The number of carbonyl (C=O) groups is 1. The lowest BCUT2D eigenvalue weighted by Gasteiger charge is -2.12.